The maximum atomic E-state index is 13.1. The van der Waals surface area contributed by atoms with E-state index in [1.807, 2.05) is 50.2 Å². The maximum absolute atomic E-state index is 13.1. The zero-order valence-electron chi connectivity index (χ0n) is 25.2. The van der Waals surface area contributed by atoms with Crippen LogP contribution in [0.1, 0.15) is 47.8 Å². The Morgan fingerprint density at radius 1 is 0.833 bits per heavy atom. The van der Waals surface area contributed by atoms with Crippen LogP contribution in [0.4, 0.5) is 5.69 Å². The number of amides is 2. The minimum absolute atomic E-state index is 0.225. The topological polar surface area (TPSA) is 106 Å². The van der Waals surface area contributed by atoms with Crippen molar-refractivity contribution in [1.82, 2.24) is 5.43 Å². The summed E-state index contributed by atoms with van der Waals surface area (Å²) in [5.74, 6) is -0.825. The van der Waals surface area contributed by atoms with Crippen molar-refractivity contribution in [3.8, 4) is 11.5 Å². The molecule has 2 aromatic heterocycles. The van der Waals surface area contributed by atoms with Gasteiger partial charge < -0.3 is 14.8 Å². The number of hydrogen-bond donors (Lipinski definition) is 2. The van der Waals surface area contributed by atoms with Crippen molar-refractivity contribution in [2.45, 2.75) is 13.8 Å². The molecule has 0 saturated heterocycles. The third-order valence-corrected chi connectivity index (χ3v) is 10.8. The monoisotopic (exact) mass is 779 g/mol. The fraction of sp³-hybridized carbons (Fsp3) is 0.0857. The van der Waals surface area contributed by atoms with Gasteiger partial charge >= 0.3 is 5.97 Å². The van der Waals surface area contributed by atoms with Crippen molar-refractivity contribution in [2.75, 3.05) is 11.9 Å². The Morgan fingerprint density at radius 2 is 1.52 bits per heavy atom. The molecule has 2 amide bonds. The molecule has 0 saturated carbocycles. The summed E-state index contributed by atoms with van der Waals surface area (Å²) >= 11 is 19.0. The Hall–Kier alpha value is -4.26. The van der Waals surface area contributed by atoms with Gasteiger partial charge in [-0.2, -0.15) is 5.10 Å². The van der Waals surface area contributed by atoms with E-state index in [9.17, 15) is 14.4 Å². The smallest absolute Gasteiger partial charge is 0.355 e. The average Bonchev–Trinajstić information content (AvgIpc) is 3.57. The zero-order chi connectivity index (χ0) is 33.9. The summed E-state index contributed by atoms with van der Waals surface area (Å²) in [5, 5.41) is 9.22. The van der Waals surface area contributed by atoms with Gasteiger partial charge in [0.25, 0.3) is 11.8 Å². The number of ether oxygens (including phenoxy) is 2. The van der Waals surface area contributed by atoms with Gasteiger partial charge in [-0.05, 0) is 85.6 Å². The number of aryl methyl sites for hydroxylation is 1. The molecule has 0 aliphatic heterocycles. The second-order valence-electron chi connectivity index (χ2n) is 10.4. The normalized spacial score (nSPS) is 11.3. The van der Waals surface area contributed by atoms with Crippen LogP contribution in [-0.2, 0) is 0 Å². The molecule has 4 aromatic carbocycles. The Kier molecular flexibility index (Phi) is 10.1. The van der Waals surface area contributed by atoms with E-state index in [4.69, 9.17) is 32.7 Å². The number of carbonyl (C=O) groups excluding carboxylic acids is 3. The third kappa shape index (κ3) is 7.25. The first kappa shape index (κ1) is 33.6. The van der Waals surface area contributed by atoms with Gasteiger partial charge in [0.1, 0.15) is 9.75 Å². The van der Waals surface area contributed by atoms with Crippen LogP contribution in [0.15, 0.2) is 88.4 Å². The summed E-state index contributed by atoms with van der Waals surface area (Å²) in [4.78, 5) is 39.4. The van der Waals surface area contributed by atoms with Crippen molar-refractivity contribution in [2.24, 2.45) is 5.10 Å². The molecule has 0 bridgehead atoms. The summed E-state index contributed by atoms with van der Waals surface area (Å²) in [5.41, 5.74) is 4.99. The van der Waals surface area contributed by atoms with E-state index in [2.05, 4.69) is 31.8 Å². The molecule has 6 aromatic rings. The number of anilines is 1. The van der Waals surface area contributed by atoms with E-state index in [-0.39, 0.29) is 11.7 Å². The number of halogens is 3. The first-order valence-corrected chi connectivity index (χ1v) is 17.6. The van der Waals surface area contributed by atoms with Crippen LogP contribution in [0, 0.1) is 6.92 Å². The van der Waals surface area contributed by atoms with Gasteiger partial charge in [0.2, 0.25) is 0 Å². The Labute approximate surface area is 301 Å². The van der Waals surface area contributed by atoms with Gasteiger partial charge in [0.15, 0.2) is 11.5 Å². The maximum Gasteiger partial charge on any atom is 0.355 e. The first-order valence-electron chi connectivity index (χ1n) is 14.4. The molecule has 0 radical (unpaired) electrons. The van der Waals surface area contributed by atoms with Crippen LogP contribution in [-0.4, -0.2) is 30.6 Å². The van der Waals surface area contributed by atoms with Crippen molar-refractivity contribution < 1.29 is 23.9 Å². The lowest BCUT2D eigenvalue weighted by atomic mass is 10.2. The lowest BCUT2D eigenvalue weighted by Crippen LogP contribution is -2.17. The molecule has 0 fully saturated rings. The fourth-order valence-corrected chi connectivity index (χ4v) is 8.16. The molecule has 2 heterocycles. The first-order chi connectivity index (χ1) is 23.1. The lowest BCUT2D eigenvalue weighted by molar-refractivity contribution is 0.0733. The highest BCUT2D eigenvalue weighted by atomic mass is 79.9. The average molecular weight is 782 g/mol. The second kappa shape index (κ2) is 14.5. The van der Waals surface area contributed by atoms with E-state index >= 15 is 0 Å². The highest BCUT2D eigenvalue weighted by molar-refractivity contribution is 9.10. The number of rotatable bonds is 9. The minimum atomic E-state index is -0.587. The quantitative estimate of drug-likeness (QED) is 0.0658. The van der Waals surface area contributed by atoms with Crippen molar-refractivity contribution >= 4 is 112 Å². The fourth-order valence-electron chi connectivity index (χ4n) is 4.72. The number of hydrogen-bond acceptors (Lipinski definition) is 8. The van der Waals surface area contributed by atoms with Crippen molar-refractivity contribution in [3.05, 3.63) is 120 Å². The van der Waals surface area contributed by atoms with E-state index in [0.29, 0.717) is 49.0 Å². The molecule has 242 valence electrons. The Bertz CT molecular complexity index is 2250. The van der Waals surface area contributed by atoms with E-state index in [1.54, 1.807) is 42.5 Å². The molecule has 13 heteroatoms. The molecular formula is C35H24BrCl2N3O5S2. The largest absolute Gasteiger partial charge is 0.490 e. The molecule has 6 rings (SSSR count). The van der Waals surface area contributed by atoms with Crippen LogP contribution in [0.3, 0.4) is 0 Å². The number of fused-ring (bicyclic) bond motifs is 2. The predicted octanol–water partition coefficient (Wildman–Crippen LogP) is 10.1. The second-order valence-corrected chi connectivity index (χ2v) is 14.2. The van der Waals surface area contributed by atoms with Crippen LogP contribution >= 0.6 is 61.8 Å². The molecule has 0 atom stereocenters. The number of benzene rings is 4. The number of nitrogens with one attached hydrogen (secondary N) is 2. The molecule has 8 nitrogen and oxygen atoms in total. The molecule has 0 aliphatic rings. The van der Waals surface area contributed by atoms with Crippen molar-refractivity contribution in [1.29, 1.82) is 0 Å². The molecule has 2 N–H and O–H groups in total. The Morgan fingerprint density at radius 3 is 2.27 bits per heavy atom. The van der Waals surface area contributed by atoms with Gasteiger partial charge in [-0.3, -0.25) is 9.59 Å². The number of nitrogens with zero attached hydrogens (tertiary/aromatic N) is 1. The van der Waals surface area contributed by atoms with E-state index in [0.717, 1.165) is 30.2 Å². The summed E-state index contributed by atoms with van der Waals surface area (Å²) in [7, 11) is 0. The molecule has 0 aliphatic carbocycles. The predicted molar refractivity (Wildman–Crippen MR) is 198 cm³/mol. The van der Waals surface area contributed by atoms with Crippen LogP contribution in [0.2, 0.25) is 10.0 Å². The number of esters is 1. The highest BCUT2D eigenvalue weighted by Gasteiger charge is 2.21. The van der Waals surface area contributed by atoms with Crippen LogP contribution in [0.25, 0.3) is 20.2 Å². The number of carbonyl (C=O) groups is 3. The van der Waals surface area contributed by atoms with Gasteiger partial charge in [0, 0.05) is 35.9 Å². The molecule has 48 heavy (non-hydrogen) atoms. The van der Waals surface area contributed by atoms with E-state index in [1.165, 1.54) is 28.9 Å². The number of thiophene rings is 2. The SMILES string of the molecule is CCOc1cc(/C=N\NC(=O)c2ccc(NC(=O)c3sc4cc(Br)ccc4c3Cl)cc2)ccc1OC(=O)c1sc2cc(C)ccc2c1Cl. The van der Waals surface area contributed by atoms with Gasteiger partial charge in [-0.1, -0.05) is 57.3 Å². The number of hydrazone groups is 1. The summed E-state index contributed by atoms with van der Waals surface area (Å²) in [6, 6.07) is 22.7. The molecule has 0 spiro atoms. The summed E-state index contributed by atoms with van der Waals surface area (Å²) in [6.45, 7) is 4.12. The minimum Gasteiger partial charge on any atom is -0.490 e. The lowest BCUT2D eigenvalue weighted by Gasteiger charge is -2.11. The van der Waals surface area contributed by atoms with Crippen molar-refractivity contribution in [3.63, 3.8) is 0 Å². The third-order valence-electron chi connectivity index (χ3n) is 7.02. The summed E-state index contributed by atoms with van der Waals surface area (Å²) < 4.78 is 14.1. The standard InChI is InChI=1S/C35H24BrCl2N3O5S2/c1-3-45-26-15-19(5-13-25(26)46-35(44)32-30(38)23-11-4-18(2)14-27(23)48-32)17-39-41-33(42)20-6-9-22(10-7-20)40-34(43)31-29(37)24-12-8-21(36)16-28(24)47-31/h4-17H,3H2,1-2H3,(H,40,43)(H,41,42)/b39-17-. The summed E-state index contributed by atoms with van der Waals surface area (Å²) in [6.07, 6.45) is 1.44. The molecule has 0 unspecified atom stereocenters. The molecular weight excluding hydrogens is 757 g/mol. The zero-order valence-corrected chi connectivity index (χ0v) is 30.0. The van der Waals surface area contributed by atoms with Gasteiger partial charge in [-0.15, -0.1) is 22.7 Å². The van der Waals surface area contributed by atoms with Crippen LogP contribution in [0.5, 0.6) is 11.5 Å². The Balaban J connectivity index is 1.08. The van der Waals surface area contributed by atoms with E-state index < -0.39 is 11.9 Å². The van der Waals surface area contributed by atoms with Gasteiger partial charge in [0.05, 0.1) is 22.9 Å². The van der Waals surface area contributed by atoms with Gasteiger partial charge in [-0.25, -0.2) is 10.2 Å². The van der Waals surface area contributed by atoms with Crippen LogP contribution < -0.4 is 20.2 Å². The highest BCUT2D eigenvalue weighted by Crippen LogP contribution is 2.39.